The second-order valence-electron chi connectivity index (χ2n) is 4.77. The van der Waals surface area contributed by atoms with Gasteiger partial charge in [-0.1, -0.05) is 88.4 Å². The third-order valence-corrected chi connectivity index (χ3v) is 3.25. The lowest BCUT2D eigenvalue weighted by molar-refractivity contribution is 0.343. The Labute approximate surface area is 138 Å². The van der Waals surface area contributed by atoms with E-state index in [-0.39, 0.29) is 0 Å². The summed E-state index contributed by atoms with van der Waals surface area (Å²) in [4.78, 5) is 2.40. The fourth-order valence-corrected chi connectivity index (χ4v) is 2.04. The van der Waals surface area contributed by atoms with E-state index in [0.29, 0.717) is 0 Å². The maximum absolute atomic E-state index is 2.40. The molecule has 0 saturated carbocycles. The van der Waals surface area contributed by atoms with Gasteiger partial charge in [0.1, 0.15) is 0 Å². The van der Waals surface area contributed by atoms with E-state index in [4.69, 9.17) is 0 Å². The van der Waals surface area contributed by atoms with Crippen LogP contribution in [0.1, 0.15) is 38.8 Å². The number of benzene rings is 2. The van der Waals surface area contributed by atoms with Crippen molar-refractivity contribution >= 4 is 0 Å². The van der Waals surface area contributed by atoms with Gasteiger partial charge in [-0.3, -0.25) is 0 Å². The maximum Gasteiger partial charge on any atom is 0.00189 e. The lowest BCUT2D eigenvalue weighted by atomic mass is 10.1. The average Bonchev–Trinajstić information content (AvgIpc) is 2.63. The summed E-state index contributed by atoms with van der Waals surface area (Å²) in [5.41, 5.74) is 2.84. The third-order valence-electron chi connectivity index (χ3n) is 3.25. The summed E-state index contributed by atoms with van der Waals surface area (Å²) in [7, 11) is 2.20. The molecule has 22 heavy (non-hydrogen) atoms. The highest BCUT2D eigenvalue weighted by atomic mass is 15.1. The van der Waals surface area contributed by atoms with E-state index in [1.54, 1.807) is 0 Å². The summed E-state index contributed by atoms with van der Waals surface area (Å²) < 4.78 is 0. The normalized spacial score (nSPS) is 9.36. The van der Waals surface area contributed by atoms with Crippen LogP contribution >= 0.6 is 0 Å². The highest BCUT2D eigenvalue weighted by molar-refractivity contribution is 5.16. The molecule has 0 atom stereocenters. The molecule has 1 nitrogen and oxygen atoms in total. The smallest absolute Gasteiger partial charge is 0.00189 e. The zero-order valence-corrected chi connectivity index (χ0v) is 15.0. The van der Waals surface area contributed by atoms with Crippen molar-refractivity contribution in [1.82, 2.24) is 4.90 Å². The van der Waals surface area contributed by atoms with Crippen LogP contribution in [0.5, 0.6) is 0 Å². The van der Waals surface area contributed by atoms with Gasteiger partial charge >= 0.3 is 0 Å². The van der Waals surface area contributed by atoms with Gasteiger partial charge in [0.2, 0.25) is 0 Å². The number of hydrogen-bond acceptors (Lipinski definition) is 1. The maximum atomic E-state index is 2.40. The van der Waals surface area contributed by atoms with Gasteiger partial charge in [0, 0.05) is 13.1 Å². The van der Waals surface area contributed by atoms with E-state index in [1.165, 1.54) is 11.1 Å². The molecule has 0 fully saturated rings. The van der Waals surface area contributed by atoms with E-state index in [1.807, 2.05) is 27.7 Å². The number of nitrogens with zero attached hydrogens (tertiary/aromatic N) is 1. The summed E-state index contributed by atoms with van der Waals surface area (Å²) in [6, 6.07) is 21.4. The molecule has 0 heterocycles. The van der Waals surface area contributed by atoms with Crippen molar-refractivity contribution in [3.05, 3.63) is 71.8 Å². The molecule has 0 spiro atoms. The molecular weight excluding hydrogens is 266 g/mol. The van der Waals surface area contributed by atoms with Crippen molar-refractivity contribution < 1.29 is 0 Å². The minimum absolute atomic E-state index is 1.12. The topological polar surface area (TPSA) is 3.24 Å². The third kappa shape index (κ3) is 9.36. The van der Waals surface area contributed by atoms with Crippen LogP contribution in [0.15, 0.2) is 60.7 Å². The quantitative estimate of drug-likeness (QED) is 0.685. The molecule has 0 unspecified atom stereocenters. The Hall–Kier alpha value is -1.60. The first-order chi connectivity index (χ1) is 10.8. The first-order valence-electron chi connectivity index (χ1n) is 8.61. The predicted octanol–water partition coefficient (Wildman–Crippen LogP) is 5.46. The second-order valence-corrected chi connectivity index (χ2v) is 4.77. The molecule has 0 aliphatic rings. The van der Waals surface area contributed by atoms with Crippen LogP contribution in [0.2, 0.25) is 0 Å². The molecule has 0 amide bonds. The monoisotopic (exact) mass is 299 g/mol. The number of hydrogen-bond donors (Lipinski definition) is 0. The van der Waals surface area contributed by atoms with Crippen molar-refractivity contribution in [3.8, 4) is 0 Å². The predicted molar refractivity (Wildman–Crippen MR) is 100 cm³/mol. The van der Waals surface area contributed by atoms with Crippen LogP contribution in [0, 0.1) is 0 Å². The zero-order chi connectivity index (χ0) is 16.6. The van der Waals surface area contributed by atoms with Gasteiger partial charge in [-0.2, -0.15) is 0 Å². The summed E-state index contributed by atoms with van der Waals surface area (Å²) in [6.07, 6.45) is 2.26. The van der Waals surface area contributed by atoms with Gasteiger partial charge in [0.25, 0.3) is 0 Å². The molecule has 122 valence electrons. The molecular formula is C21H33N. The van der Waals surface area contributed by atoms with Gasteiger partial charge in [0.05, 0.1) is 0 Å². The summed E-state index contributed by atoms with van der Waals surface area (Å²) in [5.74, 6) is 0. The highest BCUT2D eigenvalue weighted by Crippen LogP contribution is 2.03. The van der Waals surface area contributed by atoms with Crippen molar-refractivity contribution in [3.63, 3.8) is 0 Å². The van der Waals surface area contributed by atoms with E-state index in [2.05, 4.69) is 72.6 Å². The number of rotatable bonds is 6. The van der Waals surface area contributed by atoms with Crippen LogP contribution in [-0.2, 0) is 12.8 Å². The largest absolute Gasteiger partial charge is 0.306 e. The van der Waals surface area contributed by atoms with Gasteiger partial charge in [0.15, 0.2) is 0 Å². The van der Waals surface area contributed by atoms with E-state index >= 15 is 0 Å². The lowest BCUT2D eigenvalue weighted by Gasteiger charge is -2.16. The van der Waals surface area contributed by atoms with E-state index < -0.39 is 0 Å². The Kier molecular flexibility index (Phi) is 13.3. The van der Waals surface area contributed by atoms with Crippen LogP contribution in [0.25, 0.3) is 0 Å². The average molecular weight is 300 g/mol. The Morgan fingerprint density at radius 2 is 0.909 bits per heavy atom. The molecule has 0 bridgehead atoms. The molecule has 0 radical (unpaired) electrons. The number of likely N-dealkylation sites (N-methyl/N-ethyl adjacent to an activating group) is 1. The molecule has 0 aliphatic heterocycles. The van der Waals surface area contributed by atoms with Gasteiger partial charge in [-0.05, 0) is 31.0 Å². The van der Waals surface area contributed by atoms with E-state index in [9.17, 15) is 0 Å². The minimum Gasteiger partial charge on any atom is -0.306 e. The summed E-state index contributed by atoms with van der Waals surface area (Å²) in [6.45, 7) is 10.2. The summed E-state index contributed by atoms with van der Waals surface area (Å²) >= 11 is 0. The fraction of sp³-hybridized carbons (Fsp3) is 0.429. The van der Waals surface area contributed by atoms with Crippen molar-refractivity contribution in [2.24, 2.45) is 0 Å². The zero-order valence-electron chi connectivity index (χ0n) is 15.0. The van der Waals surface area contributed by atoms with Crippen LogP contribution in [0.4, 0.5) is 0 Å². The highest BCUT2D eigenvalue weighted by Gasteiger charge is 2.00. The molecule has 0 saturated heterocycles. The van der Waals surface area contributed by atoms with Crippen molar-refractivity contribution in [2.45, 2.75) is 40.5 Å². The Balaban J connectivity index is 0.00000102. The Morgan fingerprint density at radius 3 is 1.23 bits per heavy atom. The van der Waals surface area contributed by atoms with Crippen molar-refractivity contribution in [1.29, 1.82) is 0 Å². The second kappa shape index (κ2) is 14.3. The molecule has 2 aromatic carbocycles. The fourth-order valence-electron chi connectivity index (χ4n) is 2.04. The molecule has 2 rings (SSSR count). The van der Waals surface area contributed by atoms with Gasteiger partial charge in [-0.25, -0.2) is 0 Å². The molecule has 2 aromatic rings. The summed E-state index contributed by atoms with van der Waals surface area (Å²) in [5, 5.41) is 0. The molecule has 0 aromatic heterocycles. The van der Waals surface area contributed by atoms with Gasteiger partial charge in [-0.15, -0.1) is 0 Å². The Morgan fingerprint density at radius 1 is 0.591 bits per heavy atom. The molecule has 0 aliphatic carbocycles. The van der Waals surface area contributed by atoms with Crippen molar-refractivity contribution in [2.75, 3.05) is 20.1 Å². The molecule has 1 heteroatoms. The van der Waals surface area contributed by atoms with Crippen LogP contribution < -0.4 is 0 Å². The van der Waals surface area contributed by atoms with Crippen LogP contribution in [-0.4, -0.2) is 25.0 Å². The lowest BCUT2D eigenvalue weighted by Crippen LogP contribution is -2.23. The molecule has 0 N–H and O–H groups in total. The Bertz CT molecular complexity index is 392. The first kappa shape index (κ1) is 20.4. The minimum atomic E-state index is 1.12. The standard InChI is InChI=1S/C17H21N.2C2H6/c1-18(14-12-16-8-4-2-5-9-16)15-13-17-10-6-3-7-11-17;2*1-2/h2-11H,12-15H2,1H3;2*1-2H3. The van der Waals surface area contributed by atoms with E-state index in [0.717, 1.165) is 25.9 Å². The van der Waals surface area contributed by atoms with Gasteiger partial charge < -0.3 is 4.90 Å². The van der Waals surface area contributed by atoms with Crippen LogP contribution in [0.3, 0.4) is 0 Å². The SMILES string of the molecule is CC.CC.CN(CCc1ccccc1)CCc1ccccc1. The first-order valence-corrected chi connectivity index (χ1v) is 8.61.